The zero-order chi connectivity index (χ0) is 14.5. The van der Waals surface area contributed by atoms with Gasteiger partial charge < -0.3 is 10.6 Å². The van der Waals surface area contributed by atoms with Gasteiger partial charge in [-0.3, -0.25) is 9.78 Å². The SMILES string of the molecule is Cc1ccc(NC(C)C)c(NC(=O)c2cccnc2)n1. The number of pyridine rings is 2. The van der Waals surface area contributed by atoms with Crippen molar-refractivity contribution in [2.24, 2.45) is 0 Å². The van der Waals surface area contributed by atoms with Crippen LogP contribution >= 0.6 is 0 Å². The highest BCUT2D eigenvalue weighted by Gasteiger charge is 2.11. The second-order valence-corrected chi connectivity index (χ2v) is 4.84. The van der Waals surface area contributed by atoms with Crippen molar-refractivity contribution in [2.45, 2.75) is 26.8 Å². The van der Waals surface area contributed by atoms with Crippen molar-refractivity contribution < 1.29 is 4.79 Å². The molecule has 0 aliphatic heterocycles. The number of carbonyl (C=O) groups is 1. The van der Waals surface area contributed by atoms with Gasteiger partial charge in [0.05, 0.1) is 11.3 Å². The molecule has 0 radical (unpaired) electrons. The van der Waals surface area contributed by atoms with E-state index in [1.165, 1.54) is 6.20 Å². The monoisotopic (exact) mass is 270 g/mol. The molecule has 0 spiro atoms. The number of anilines is 2. The van der Waals surface area contributed by atoms with Crippen LogP contribution in [0.4, 0.5) is 11.5 Å². The third-order valence-electron chi connectivity index (χ3n) is 2.63. The molecule has 0 saturated carbocycles. The third-order valence-corrected chi connectivity index (χ3v) is 2.63. The van der Waals surface area contributed by atoms with Crippen LogP contribution < -0.4 is 10.6 Å². The first-order valence-corrected chi connectivity index (χ1v) is 6.52. The van der Waals surface area contributed by atoms with Crippen molar-refractivity contribution >= 4 is 17.4 Å². The summed E-state index contributed by atoms with van der Waals surface area (Å²) in [6, 6.07) is 7.53. The molecule has 0 aromatic carbocycles. The van der Waals surface area contributed by atoms with Crippen LogP contribution in [0.3, 0.4) is 0 Å². The van der Waals surface area contributed by atoms with Crippen LogP contribution in [0.5, 0.6) is 0 Å². The Morgan fingerprint density at radius 1 is 1.25 bits per heavy atom. The molecule has 5 heteroatoms. The summed E-state index contributed by atoms with van der Waals surface area (Å²) in [5.74, 6) is 0.315. The van der Waals surface area contributed by atoms with E-state index in [2.05, 4.69) is 20.6 Å². The molecule has 0 atom stereocenters. The van der Waals surface area contributed by atoms with Crippen LogP contribution in [0.25, 0.3) is 0 Å². The van der Waals surface area contributed by atoms with Crippen molar-refractivity contribution in [3.8, 4) is 0 Å². The summed E-state index contributed by atoms with van der Waals surface area (Å²) in [6.07, 6.45) is 3.16. The number of rotatable bonds is 4. The second kappa shape index (κ2) is 6.14. The zero-order valence-corrected chi connectivity index (χ0v) is 11.8. The molecule has 2 aromatic rings. The molecule has 0 unspecified atom stereocenters. The Morgan fingerprint density at radius 2 is 2.05 bits per heavy atom. The molecule has 20 heavy (non-hydrogen) atoms. The third kappa shape index (κ3) is 3.54. The highest BCUT2D eigenvalue weighted by molar-refractivity contribution is 6.04. The summed E-state index contributed by atoms with van der Waals surface area (Å²) in [7, 11) is 0. The lowest BCUT2D eigenvalue weighted by molar-refractivity contribution is 0.102. The Bertz CT molecular complexity index is 596. The molecule has 0 fully saturated rings. The number of amides is 1. The molecule has 2 rings (SSSR count). The lowest BCUT2D eigenvalue weighted by Crippen LogP contribution is -2.17. The standard InChI is InChI=1S/C15H18N4O/c1-10(2)17-13-7-6-11(3)18-14(13)19-15(20)12-5-4-8-16-9-12/h4-10,17H,1-3H3,(H,18,19,20). The Morgan fingerprint density at radius 3 is 2.70 bits per heavy atom. The Hall–Kier alpha value is -2.43. The number of aryl methyl sites for hydroxylation is 1. The lowest BCUT2D eigenvalue weighted by atomic mass is 10.2. The van der Waals surface area contributed by atoms with E-state index in [1.54, 1.807) is 18.3 Å². The number of carbonyl (C=O) groups excluding carboxylic acids is 1. The fourth-order valence-corrected chi connectivity index (χ4v) is 1.76. The summed E-state index contributed by atoms with van der Waals surface area (Å²) >= 11 is 0. The first-order chi connectivity index (χ1) is 9.56. The van der Waals surface area contributed by atoms with Crippen molar-refractivity contribution in [2.75, 3.05) is 10.6 Å². The maximum atomic E-state index is 12.1. The molecule has 2 aromatic heterocycles. The van der Waals surface area contributed by atoms with Crippen LogP contribution in [0.1, 0.15) is 29.9 Å². The summed E-state index contributed by atoms with van der Waals surface area (Å²) in [5.41, 5.74) is 2.16. The smallest absolute Gasteiger partial charge is 0.258 e. The van der Waals surface area contributed by atoms with Crippen LogP contribution in [0, 0.1) is 6.92 Å². The van der Waals surface area contributed by atoms with Crippen molar-refractivity contribution in [1.29, 1.82) is 0 Å². The Kier molecular flexibility index (Phi) is 4.30. The largest absolute Gasteiger partial charge is 0.380 e. The van der Waals surface area contributed by atoms with Crippen LogP contribution in [-0.4, -0.2) is 21.9 Å². The molecule has 0 saturated heterocycles. The Balaban J connectivity index is 2.24. The van der Waals surface area contributed by atoms with E-state index in [-0.39, 0.29) is 11.9 Å². The maximum Gasteiger partial charge on any atom is 0.258 e. The minimum absolute atomic E-state index is 0.219. The molecule has 0 bridgehead atoms. The molecule has 2 N–H and O–H groups in total. The molecule has 2 heterocycles. The van der Waals surface area contributed by atoms with Crippen molar-refractivity contribution in [3.63, 3.8) is 0 Å². The van der Waals surface area contributed by atoms with E-state index < -0.39 is 0 Å². The lowest BCUT2D eigenvalue weighted by Gasteiger charge is -2.15. The van der Waals surface area contributed by atoms with Gasteiger partial charge in [0.15, 0.2) is 5.82 Å². The van der Waals surface area contributed by atoms with E-state index in [1.807, 2.05) is 32.9 Å². The summed E-state index contributed by atoms with van der Waals surface area (Å²) in [4.78, 5) is 20.5. The average molecular weight is 270 g/mol. The number of nitrogens with zero attached hydrogens (tertiary/aromatic N) is 2. The minimum Gasteiger partial charge on any atom is -0.380 e. The van der Waals surface area contributed by atoms with Crippen LogP contribution in [0.15, 0.2) is 36.7 Å². The molecular formula is C15H18N4O. The molecule has 5 nitrogen and oxygen atoms in total. The van der Waals surface area contributed by atoms with Crippen molar-refractivity contribution in [3.05, 3.63) is 47.9 Å². The Labute approximate surface area is 118 Å². The normalized spacial score (nSPS) is 10.4. The van der Waals surface area contributed by atoms with Gasteiger partial charge in [-0.25, -0.2) is 4.98 Å². The quantitative estimate of drug-likeness (QED) is 0.896. The second-order valence-electron chi connectivity index (χ2n) is 4.84. The topological polar surface area (TPSA) is 66.9 Å². The van der Waals surface area contributed by atoms with Gasteiger partial charge in [0.1, 0.15) is 0 Å². The minimum atomic E-state index is -0.219. The number of hydrogen-bond acceptors (Lipinski definition) is 4. The van der Waals surface area contributed by atoms with E-state index in [4.69, 9.17) is 0 Å². The maximum absolute atomic E-state index is 12.1. The zero-order valence-electron chi connectivity index (χ0n) is 11.8. The molecule has 1 amide bonds. The van der Waals surface area contributed by atoms with E-state index in [9.17, 15) is 4.79 Å². The summed E-state index contributed by atoms with van der Waals surface area (Å²) in [5, 5.41) is 6.09. The van der Waals surface area contributed by atoms with Gasteiger partial charge in [-0.2, -0.15) is 0 Å². The predicted octanol–water partition coefficient (Wildman–Crippen LogP) is 2.86. The van der Waals surface area contributed by atoms with E-state index in [0.717, 1.165) is 11.4 Å². The fourth-order valence-electron chi connectivity index (χ4n) is 1.76. The average Bonchev–Trinajstić information content (AvgIpc) is 2.42. The predicted molar refractivity (Wildman–Crippen MR) is 79.9 cm³/mol. The highest BCUT2D eigenvalue weighted by atomic mass is 16.1. The van der Waals surface area contributed by atoms with E-state index >= 15 is 0 Å². The van der Waals surface area contributed by atoms with Gasteiger partial charge in [-0.05, 0) is 45.0 Å². The molecular weight excluding hydrogens is 252 g/mol. The number of nitrogens with one attached hydrogen (secondary N) is 2. The molecule has 0 aliphatic rings. The van der Waals surface area contributed by atoms with Gasteiger partial charge >= 0.3 is 0 Å². The van der Waals surface area contributed by atoms with Crippen LogP contribution in [0.2, 0.25) is 0 Å². The number of aromatic nitrogens is 2. The van der Waals surface area contributed by atoms with E-state index in [0.29, 0.717) is 11.4 Å². The molecule has 0 aliphatic carbocycles. The van der Waals surface area contributed by atoms with Gasteiger partial charge in [0.25, 0.3) is 5.91 Å². The summed E-state index contributed by atoms with van der Waals surface area (Å²) < 4.78 is 0. The van der Waals surface area contributed by atoms with Crippen LogP contribution in [-0.2, 0) is 0 Å². The summed E-state index contributed by atoms with van der Waals surface area (Å²) in [6.45, 7) is 5.96. The first-order valence-electron chi connectivity index (χ1n) is 6.52. The molecule has 104 valence electrons. The van der Waals surface area contributed by atoms with Gasteiger partial charge in [-0.15, -0.1) is 0 Å². The van der Waals surface area contributed by atoms with Crippen molar-refractivity contribution in [1.82, 2.24) is 9.97 Å². The highest BCUT2D eigenvalue weighted by Crippen LogP contribution is 2.21. The number of hydrogen-bond donors (Lipinski definition) is 2. The van der Waals surface area contributed by atoms with Gasteiger partial charge in [0.2, 0.25) is 0 Å². The van der Waals surface area contributed by atoms with Gasteiger partial charge in [0, 0.05) is 24.1 Å². The fraction of sp³-hybridized carbons (Fsp3) is 0.267. The van der Waals surface area contributed by atoms with Gasteiger partial charge in [-0.1, -0.05) is 0 Å². The first kappa shape index (κ1) is 14.0.